The molecule has 0 bridgehead atoms. The first-order valence-corrected chi connectivity index (χ1v) is 7.18. The zero-order chi connectivity index (χ0) is 14.4. The van der Waals surface area contributed by atoms with E-state index in [1.54, 1.807) is 0 Å². The molecule has 1 saturated heterocycles. The number of carbonyl (C=O) groups is 2. The molecule has 1 heterocycles. The zero-order valence-corrected chi connectivity index (χ0v) is 12.2. The molecule has 3 atom stereocenters. The number of amides is 1. The summed E-state index contributed by atoms with van der Waals surface area (Å²) in [6.07, 6.45) is 2.50. The highest BCUT2D eigenvalue weighted by atomic mass is 16.4. The van der Waals surface area contributed by atoms with Crippen molar-refractivity contribution in [3.63, 3.8) is 0 Å². The predicted molar refractivity (Wildman–Crippen MR) is 73.9 cm³/mol. The number of piperidine rings is 1. The van der Waals surface area contributed by atoms with Crippen molar-refractivity contribution in [2.75, 3.05) is 19.6 Å². The number of carboxylic acids is 1. The van der Waals surface area contributed by atoms with Crippen LogP contribution < -0.4 is 5.32 Å². The van der Waals surface area contributed by atoms with Gasteiger partial charge in [-0.2, -0.15) is 0 Å². The number of nitrogens with zero attached hydrogens (tertiary/aromatic N) is 1. The molecule has 2 N–H and O–H groups in total. The highest BCUT2D eigenvalue weighted by Gasteiger charge is 2.26. The van der Waals surface area contributed by atoms with Crippen LogP contribution in [0.2, 0.25) is 0 Å². The smallest absolute Gasteiger partial charge is 0.320 e. The van der Waals surface area contributed by atoms with Gasteiger partial charge in [-0.1, -0.05) is 27.2 Å². The van der Waals surface area contributed by atoms with Crippen LogP contribution in [-0.4, -0.2) is 47.6 Å². The van der Waals surface area contributed by atoms with Gasteiger partial charge in [0.2, 0.25) is 5.91 Å². The van der Waals surface area contributed by atoms with Crippen molar-refractivity contribution in [2.45, 2.75) is 46.1 Å². The second-order valence-electron chi connectivity index (χ2n) is 5.81. The van der Waals surface area contributed by atoms with E-state index in [4.69, 9.17) is 5.11 Å². The van der Waals surface area contributed by atoms with Crippen molar-refractivity contribution in [3.8, 4) is 0 Å². The Morgan fingerprint density at radius 3 is 2.37 bits per heavy atom. The second kappa shape index (κ2) is 7.48. The molecular weight excluding hydrogens is 244 g/mol. The average molecular weight is 270 g/mol. The van der Waals surface area contributed by atoms with Crippen molar-refractivity contribution >= 4 is 11.9 Å². The molecule has 1 amide bonds. The standard InChI is InChI=1S/C14H26N2O3/c1-4-5-12(14(18)19)15-7-13(17)16-8-10(2)6-11(3)9-16/h10-12,15H,4-9H2,1-3H3,(H,18,19)/t10-,11-,12+/m1/s1. The van der Waals surface area contributed by atoms with Gasteiger partial charge in [0.25, 0.3) is 0 Å². The molecule has 0 spiro atoms. The molecular formula is C14H26N2O3. The number of hydrogen-bond donors (Lipinski definition) is 2. The van der Waals surface area contributed by atoms with Gasteiger partial charge in [-0.15, -0.1) is 0 Å². The van der Waals surface area contributed by atoms with Crippen LogP contribution in [0.3, 0.4) is 0 Å². The molecule has 0 saturated carbocycles. The molecule has 0 aliphatic carbocycles. The monoisotopic (exact) mass is 270 g/mol. The van der Waals surface area contributed by atoms with Crippen LogP contribution in [0.4, 0.5) is 0 Å². The molecule has 1 rings (SSSR count). The van der Waals surface area contributed by atoms with Gasteiger partial charge >= 0.3 is 5.97 Å². The minimum absolute atomic E-state index is 0.0146. The van der Waals surface area contributed by atoms with Crippen LogP contribution in [-0.2, 0) is 9.59 Å². The molecule has 110 valence electrons. The SMILES string of the molecule is CCC[C@H](NCC(=O)N1C[C@H](C)C[C@@H](C)C1)C(=O)O. The van der Waals surface area contributed by atoms with E-state index in [-0.39, 0.29) is 12.5 Å². The Labute approximate surface area is 115 Å². The lowest BCUT2D eigenvalue weighted by Crippen LogP contribution is -2.48. The van der Waals surface area contributed by atoms with Gasteiger partial charge in [-0.3, -0.25) is 14.9 Å². The highest BCUT2D eigenvalue weighted by molar-refractivity contribution is 5.80. The van der Waals surface area contributed by atoms with Crippen molar-refractivity contribution in [3.05, 3.63) is 0 Å². The van der Waals surface area contributed by atoms with Crippen LogP contribution in [0.25, 0.3) is 0 Å². The summed E-state index contributed by atoms with van der Waals surface area (Å²) < 4.78 is 0. The topological polar surface area (TPSA) is 69.6 Å². The lowest BCUT2D eigenvalue weighted by molar-refractivity contribution is -0.140. The number of aliphatic carboxylic acids is 1. The fraction of sp³-hybridized carbons (Fsp3) is 0.857. The second-order valence-corrected chi connectivity index (χ2v) is 5.81. The minimum Gasteiger partial charge on any atom is -0.480 e. The Kier molecular flexibility index (Phi) is 6.28. The largest absolute Gasteiger partial charge is 0.480 e. The fourth-order valence-electron chi connectivity index (χ4n) is 2.79. The molecule has 1 aliphatic heterocycles. The third kappa shape index (κ3) is 5.19. The van der Waals surface area contributed by atoms with Gasteiger partial charge < -0.3 is 10.0 Å². The van der Waals surface area contributed by atoms with E-state index in [9.17, 15) is 9.59 Å². The van der Waals surface area contributed by atoms with Crippen LogP contribution in [0.1, 0.15) is 40.0 Å². The van der Waals surface area contributed by atoms with Crippen LogP contribution >= 0.6 is 0 Å². The molecule has 0 unspecified atom stereocenters. The summed E-state index contributed by atoms with van der Waals surface area (Å²) >= 11 is 0. The van der Waals surface area contributed by atoms with E-state index in [0.29, 0.717) is 18.3 Å². The average Bonchev–Trinajstić information content (AvgIpc) is 2.32. The first-order chi connectivity index (χ1) is 8.93. The molecule has 0 aromatic heterocycles. The summed E-state index contributed by atoms with van der Waals surface area (Å²) in [5, 5.41) is 11.9. The molecule has 0 radical (unpaired) electrons. The van der Waals surface area contributed by atoms with E-state index >= 15 is 0 Å². The van der Waals surface area contributed by atoms with Crippen LogP contribution in [0, 0.1) is 11.8 Å². The summed E-state index contributed by atoms with van der Waals surface area (Å²) in [5.41, 5.74) is 0. The zero-order valence-electron chi connectivity index (χ0n) is 12.2. The number of carboxylic acid groups (broad SMARTS) is 1. The highest BCUT2D eigenvalue weighted by Crippen LogP contribution is 2.20. The molecule has 0 aromatic carbocycles. The van der Waals surface area contributed by atoms with E-state index in [1.165, 1.54) is 0 Å². The molecule has 19 heavy (non-hydrogen) atoms. The minimum atomic E-state index is -0.880. The number of carbonyl (C=O) groups excluding carboxylic acids is 1. The van der Waals surface area contributed by atoms with Gasteiger partial charge in [0.05, 0.1) is 6.54 Å². The Hall–Kier alpha value is -1.10. The summed E-state index contributed by atoms with van der Waals surface area (Å²) in [7, 11) is 0. The Morgan fingerprint density at radius 2 is 1.89 bits per heavy atom. The maximum absolute atomic E-state index is 12.1. The van der Waals surface area contributed by atoms with Crippen molar-refractivity contribution in [2.24, 2.45) is 11.8 Å². The van der Waals surface area contributed by atoms with E-state index < -0.39 is 12.0 Å². The number of rotatable bonds is 6. The maximum Gasteiger partial charge on any atom is 0.320 e. The van der Waals surface area contributed by atoms with E-state index in [0.717, 1.165) is 25.9 Å². The summed E-state index contributed by atoms with van der Waals surface area (Å²) in [6.45, 7) is 7.94. The van der Waals surface area contributed by atoms with E-state index in [1.807, 2.05) is 11.8 Å². The van der Waals surface area contributed by atoms with Gasteiger partial charge in [-0.25, -0.2) is 0 Å². The first-order valence-electron chi connectivity index (χ1n) is 7.18. The number of nitrogens with one attached hydrogen (secondary N) is 1. The normalized spacial score (nSPS) is 25.1. The lowest BCUT2D eigenvalue weighted by atomic mass is 9.92. The molecule has 1 fully saturated rings. The summed E-state index contributed by atoms with van der Waals surface area (Å²) in [6, 6.07) is -0.617. The van der Waals surface area contributed by atoms with Crippen LogP contribution in [0.15, 0.2) is 0 Å². The van der Waals surface area contributed by atoms with Gasteiger partial charge in [0.1, 0.15) is 6.04 Å². The third-order valence-electron chi connectivity index (χ3n) is 3.60. The van der Waals surface area contributed by atoms with Gasteiger partial charge in [0.15, 0.2) is 0 Å². The predicted octanol–water partition coefficient (Wildman–Crippen LogP) is 1.33. The third-order valence-corrected chi connectivity index (χ3v) is 3.60. The van der Waals surface area contributed by atoms with Gasteiger partial charge in [0, 0.05) is 13.1 Å². The maximum atomic E-state index is 12.1. The Balaban J connectivity index is 2.43. The Bertz CT molecular complexity index is 310. The van der Waals surface area contributed by atoms with Crippen molar-refractivity contribution in [1.82, 2.24) is 10.2 Å². The summed E-state index contributed by atoms with van der Waals surface area (Å²) in [4.78, 5) is 24.9. The molecule has 5 heteroatoms. The fourth-order valence-corrected chi connectivity index (χ4v) is 2.79. The lowest BCUT2D eigenvalue weighted by Gasteiger charge is -2.35. The quantitative estimate of drug-likeness (QED) is 0.764. The number of hydrogen-bond acceptors (Lipinski definition) is 3. The first kappa shape index (κ1) is 16.0. The summed E-state index contributed by atoms with van der Waals surface area (Å²) in [5.74, 6) is 0.188. The van der Waals surface area contributed by atoms with Crippen molar-refractivity contribution < 1.29 is 14.7 Å². The van der Waals surface area contributed by atoms with Gasteiger partial charge in [-0.05, 0) is 24.7 Å². The Morgan fingerprint density at radius 1 is 1.32 bits per heavy atom. The molecule has 5 nitrogen and oxygen atoms in total. The van der Waals surface area contributed by atoms with Crippen molar-refractivity contribution in [1.29, 1.82) is 0 Å². The number of likely N-dealkylation sites (tertiary alicyclic amines) is 1. The van der Waals surface area contributed by atoms with Crippen LogP contribution in [0.5, 0.6) is 0 Å². The van der Waals surface area contributed by atoms with E-state index in [2.05, 4.69) is 19.2 Å². The molecule has 0 aromatic rings. The molecule has 1 aliphatic rings.